The van der Waals surface area contributed by atoms with Crippen molar-refractivity contribution in [3.05, 3.63) is 23.8 Å². The summed E-state index contributed by atoms with van der Waals surface area (Å²) in [5, 5.41) is 3.42. The summed E-state index contributed by atoms with van der Waals surface area (Å²) in [7, 11) is 1.61. The number of ether oxygens (including phenoxy) is 2. The number of esters is 1. The molecule has 0 radical (unpaired) electrons. The van der Waals surface area contributed by atoms with Gasteiger partial charge in [-0.15, -0.1) is 24.8 Å². The fraction of sp³-hybridized carbons (Fsp3) is 0.632. The van der Waals surface area contributed by atoms with Crippen LogP contribution < -0.4 is 14.8 Å². The number of hydrogen-bond donors (Lipinski definition) is 1. The summed E-state index contributed by atoms with van der Waals surface area (Å²) in [6.45, 7) is 7.83. The number of hydrogen-bond acceptors (Lipinski definition) is 5. The lowest BCUT2D eigenvalue weighted by Gasteiger charge is -2.35. The Labute approximate surface area is 169 Å². The minimum Gasteiger partial charge on any atom is -0.493 e. The molecule has 1 fully saturated rings. The second kappa shape index (κ2) is 13.2. The number of unbranched alkanes of at least 4 members (excludes halogenated alkanes) is 2. The molecule has 7 heteroatoms. The Morgan fingerprint density at radius 3 is 2.46 bits per heavy atom. The van der Waals surface area contributed by atoms with Crippen molar-refractivity contribution in [1.29, 1.82) is 0 Å². The zero-order valence-corrected chi connectivity index (χ0v) is 17.6. The maximum absolute atomic E-state index is 11.2. The second-order valence-corrected chi connectivity index (χ2v) is 6.30. The maximum atomic E-state index is 11.2. The molecule has 1 heterocycles. The van der Waals surface area contributed by atoms with Crippen LogP contribution in [0.5, 0.6) is 11.5 Å². The van der Waals surface area contributed by atoms with Crippen LogP contribution in [-0.4, -0.2) is 44.2 Å². The van der Waals surface area contributed by atoms with Gasteiger partial charge >= 0.3 is 5.97 Å². The topological polar surface area (TPSA) is 50.8 Å². The van der Waals surface area contributed by atoms with Crippen LogP contribution in [0.3, 0.4) is 0 Å². The summed E-state index contributed by atoms with van der Waals surface area (Å²) in [5.41, 5.74) is 1.24. The largest absolute Gasteiger partial charge is 0.493 e. The number of rotatable bonds is 8. The van der Waals surface area contributed by atoms with Gasteiger partial charge in [-0.3, -0.25) is 9.69 Å². The van der Waals surface area contributed by atoms with Gasteiger partial charge < -0.3 is 14.8 Å². The lowest BCUT2D eigenvalue weighted by molar-refractivity contribution is -0.132. The van der Waals surface area contributed by atoms with Gasteiger partial charge in [0.2, 0.25) is 0 Å². The van der Waals surface area contributed by atoms with Gasteiger partial charge in [0.1, 0.15) is 0 Å². The molecule has 1 N–H and O–H groups in total. The lowest BCUT2D eigenvalue weighted by atomic mass is 9.97. The molecule has 1 aliphatic heterocycles. The molecule has 5 nitrogen and oxygen atoms in total. The Morgan fingerprint density at radius 1 is 1.19 bits per heavy atom. The number of nitrogens with zero attached hydrogens (tertiary/aromatic N) is 1. The normalized spacial score (nSPS) is 15.3. The maximum Gasteiger partial charge on any atom is 0.308 e. The predicted molar refractivity (Wildman–Crippen MR) is 110 cm³/mol. The Kier molecular flexibility index (Phi) is 12.7. The first-order chi connectivity index (χ1) is 11.7. The standard InChI is InChI=1S/C19H30N2O3.2ClH/c1-4-5-6-7-17(21-12-10-20-11-13-21)16-8-9-18(24-15(2)22)19(14-16)23-3;;/h8-9,14,17,20H,4-7,10-13H2,1-3H3;2*1H/t17-;;/m1../s1. The average molecular weight is 407 g/mol. The molecule has 0 aromatic heterocycles. The highest BCUT2D eigenvalue weighted by Gasteiger charge is 2.23. The van der Waals surface area contributed by atoms with Crippen molar-refractivity contribution >= 4 is 30.8 Å². The van der Waals surface area contributed by atoms with E-state index in [1.807, 2.05) is 12.1 Å². The van der Waals surface area contributed by atoms with E-state index in [-0.39, 0.29) is 30.8 Å². The third kappa shape index (κ3) is 7.31. The van der Waals surface area contributed by atoms with Crippen LogP contribution in [0.25, 0.3) is 0 Å². The molecule has 0 aliphatic carbocycles. The molecule has 1 aromatic carbocycles. The number of piperazine rings is 1. The van der Waals surface area contributed by atoms with Crippen LogP contribution in [0.4, 0.5) is 0 Å². The first-order valence-electron chi connectivity index (χ1n) is 8.96. The van der Waals surface area contributed by atoms with Crippen molar-refractivity contribution in [2.45, 2.75) is 45.6 Å². The first kappa shape index (κ1) is 25.0. The number of benzene rings is 1. The molecule has 1 aromatic rings. The van der Waals surface area contributed by atoms with Crippen LogP contribution in [0.15, 0.2) is 18.2 Å². The van der Waals surface area contributed by atoms with Crippen LogP contribution in [0.1, 0.15) is 51.1 Å². The molecule has 0 amide bonds. The van der Waals surface area contributed by atoms with Crippen molar-refractivity contribution in [2.75, 3.05) is 33.3 Å². The van der Waals surface area contributed by atoms with Gasteiger partial charge in [-0.2, -0.15) is 0 Å². The van der Waals surface area contributed by atoms with Crippen LogP contribution >= 0.6 is 24.8 Å². The van der Waals surface area contributed by atoms with Crippen LogP contribution in [-0.2, 0) is 4.79 Å². The van der Waals surface area contributed by atoms with Crippen molar-refractivity contribution in [1.82, 2.24) is 10.2 Å². The summed E-state index contributed by atoms with van der Waals surface area (Å²) >= 11 is 0. The van der Waals surface area contributed by atoms with E-state index in [0.29, 0.717) is 17.5 Å². The van der Waals surface area contributed by atoms with E-state index in [2.05, 4.69) is 23.2 Å². The van der Waals surface area contributed by atoms with E-state index < -0.39 is 0 Å². The van der Waals surface area contributed by atoms with Gasteiger partial charge in [0.25, 0.3) is 0 Å². The number of methoxy groups -OCH3 is 1. The fourth-order valence-corrected chi connectivity index (χ4v) is 3.27. The van der Waals surface area contributed by atoms with Crippen molar-refractivity contribution in [2.24, 2.45) is 0 Å². The predicted octanol–water partition coefficient (Wildman–Crippen LogP) is 3.99. The molecule has 1 saturated heterocycles. The zero-order valence-electron chi connectivity index (χ0n) is 16.0. The summed E-state index contributed by atoms with van der Waals surface area (Å²) in [4.78, 5) is 13.8. The summed E-state index contributed by atoms with van der Waals surface area (Å²) in [6, 6.07) is 6.33. The molecule has 0 spiro atoms. The fourth-order valence-electron chi connectivity index (χ4n) is 3.27. The van der Waals surface area contributed by atoms with E-state index in [1.54, 1.807) is 7.11 Å². The molecule has 1 aliphatic rings. The molecule has 26 heavy (non-hydrogen) atoms. The SMILES string of the molecule is CCCCC[C@H](c1ccc(OC(C)=O)c(OC)c1)N1CCNCC1.Cl.Cl. The van der Waals surface area contributed by atoms with Gasteiger partial charge in [-0.1, -0.05) is 32.3 Å². The van der Waals surface area contributed by atoms with E-state index in [9.17, 15) is 4.79 Å². The Balaban J connectivity index is 0.00000312. The monoisotopic (exact) mass is 406 g/mol. The van der Waals surface area contributed by atoms with E-state index in [0.717, 1.165) is 32.6 Å². The summed E-state index contributed by atoms with van der Waals surface area (Å²) in [5.74, 6) is 0.780. The van der Waals surface area contributed by atoms with Gasteiger partial charge in [0.05, 0.1) is 7.11 Å². The highest BCUT2D eigenvalue weighted by Crippen LogP contribution is 2.34. The second-order valence-electron chi connectivity index (χ2n) is 6.30. The van der Waals surface area contributed by atoms with Gasteiger partial charge in [0, 0.05) is 39.1 Å². The van der Waals surface area contributed by atoms with E-state index in [4.69, 9.17) is 9.47 Å². The van der Waals surface area contributed by atoms with E-state index in [1.165, 1.54) is 31.7 Å². The average Bonchev–Trinajstić information content (AvgIpc) is 2.60. The minimum atomic E-state index is -0.331. The molecule has 0 unspecified atom stereocenters. The van der Waals surface area contributed by atoms with Crippen molar-refractivity contribution in [3.8, 4) is 11.5 Å². The van der Waals surface area contributed by atoms with Gasteiger partial charge in [0.15, 0.2) is 11.5 Å². The summed E-state index contributed by atoms with van der Waals surface area (Å²) in [6.07, 6.45) is 4.84. The van der Waals surface area contributed by atoms with Crippen molar-refractivity contribution in [3.63, 3.8) is 0 Å². The number of carbonyl (C=O) groups is 1. The Morgan fingerprint density at radius 2 is 1.88 bits per heavy atom. The van der Waals surface area contributed by atoms with Gasteiger partial charge in [-0.25, -0.2) is 0 Å². The number of halogens is 2. The van der Waals surface area contributed by atoms with E-state index >= 15 is 0 Å². The third-order valence-electron chi connectivity index (χ3n) is 4.50. The van der Waals surface area contributed by atoms with Gasteiger partial charge in [-0.05, 0) is 24.1 Å². The Hall–Kier alpha value is -1.01. The minimum absolute atomic E-state index is 0. The molecule has 0 bridgehead atoms. The Bertz CT molecular complexity index is 538. The molecule has 0 saturated carbocycles. The molecular weight excluding hydrogens is 375 g/mol. The van der Waals surface area contributed by atoms with Crippen molar-refractivity contribution < 1.29 is 14.3 Å². The molecule has 150 valence electrons. The number of carbonyl (C=O) groups excluding carboxylic acids is 1. The molecule has 1 atom stereocenters. The lowest BCUT2D eigenvalue weighted by Crippen LogP contribution is -2.45. The summed E-state index contributed by atoms with van der Waals surface area (Å²) < 4.78 is 10.7. The first-order valence-corrected chi connectivity index (χ1v) is 8.96. The van der Waals surface area contributed by atoms with Crippen LogP contribution in [0.2, 0.25) is 0 Å². The highest BCUT2D eigenvalue weighted by molar-refractivity contribution is 5.85. The molecular formula is C19H32Cl2N2O3. The third-order valence-corrected chi connectivity index (χ3v) is 4.50. The molecule has 2 rings (SSSR count). The number of nitrogens with one attached hydrogen (secondary N) is 1. The quantitative estimate of drug-likeness (QED) is 0.401. The highest BCUT2D eigenvalue weighted by atomic mass is 35.5. The van der Waals surface area contributed by atoms with Crippen LogP contribution in [0, 0.1) is 0 Å². The smallest absolute Gasteiger partial charge is 0.308 e. The zero-order chi connectivity index (χ0) is 17.4.